The van der Waals surface area contributed by atoms with Crippen molar-refractivity contribution in [3.05, 3.63) is 96.1 Å². The van der Waals surface area contributed by atoms with Gasteiger partial charge in [0.05, 0.1) is 13.2 Å². The molecule has 8 nitrogen and oxygen atoms in total. The Balaban J connectivity index is 1.37. The van der Waals surface area contributed by atoms with Crippen molar-refractivity contribution in [2.45, 2.75) is 18.5 Å². The molecule has 2 N–H and O–H groups in total. The van der Waals surface area contributed by atoms with Crippen molar-refractivity contribution < 1.29 is 19.1 Å². The minimum atomic E-state index is -1.41. The molecule has 2 saturated heterocycles. The second kappa shape index (κ2) is 9.83. The van der Waals surface area contributed by atoms with Crippen LogP contribution >= 0.6 is 0 Å². The van der Waals surface area contributed by atoms with Crippen LogP contribution in [-0.2, 0) is 19.9 Å². The zero-order chi connectivity index (χ0) is 25.1. The maximum absolute atomic E-state index is 13.9. The number of imide groups is 1. The summed E-state index contributed by atoms with van der Waals surface area (Å²) in [6, 6.07) is 24.1. The largest absolute Gasteiger partial charge is 0.378 e. The van der Waals surface area contributed by atoms with Crippen molar-refractivity contribution in [3.63, 3.8) is 0 Å². The Morgan fingerprint density at radius 2 is 1.44 bits per heavy atom. The lowest BCUT2D eigenvalue weighted by Crippen LogP contribution is -2.48. The van der Waals surface area contributed by atoms with E-state index in [0.29, 0.717) is 30.0 Å². The molecule has 2 aliphatic rings. The Labute approximate surface area is 209 Å². The molecular formula is C28H28N4O4. The maximum Gasteiger partial charge on any atom is 0.326 e. The lowest BCUT2D eigenvalue weighted by Gasteiger charge is -2.29. The highest BCUT2D eigenvalue weighted by Crippen LogP contribution is 2.37. The summed E-state index contributed by atoms with van der Waals surface area (Å²) < 4.78 is 5.40. The number of anilines is 2. The minimum Gasteiger partial charge on any atom is -0.378 e. The van der Waals surface area contributed by atoms with E-state index in [1.807, 2.05) is 60.7 Å². The second-order valence-corrected chi connectivity index (χ2v) is 8.90. The number of nitrogens with zero attached hydrogens (tertiary/aromatic N) is 2. The third-order valence-corrected chi connectivity index (χ3v) is 6.74. The van der Waals surface area contributed by atoms with Crippen LogP contribution in [0.1, 0.15) is 18.1 Å². The normalized spacial score (nSPS) is 18.0. The van der Waals surface area contributed by atoms with E-state index in [-0.39, 0.29) is 0 Å². The second-order valence-electron chi connectivity index (χ2n) is 8.90. The first-order chi connectivity index (χ1) is 17.5. The first-order valence-electron chi connectivity index (χ1n) is 12.0. The number of hydrogen-bond donors (Lipinski definition) is 2. The fourth-order valence-electron chi connectivity index (χ4n) is 4.77. The third kappa shape index (κ3) is 4.20. The van der Waals surface area contributed by atoms with E-state index in [1.54, 1.807) is 31.2 Å². The highest BCUT2D eigenvalue weighted by atomic mass is 16.5. The van der Waals surface area contributed by atoms with Crippen molar-refractivity contribution in [1.82, 2.24) is 10.2 Å². The van der Waals surface area contributed by atoms with Crippen LogP contribution < -0.4 is 15.5 Å². The summed E-state index contributed by atoms with van der Waals surface area (Å²) in [5, 5.41) is 5.73. The van der Waals surface area contributed by atoms with E-state index < -0.39 is 29.4 Å². The highest BCUT2D eigenvalue weighted by Gasteiger charge is 2.55. The number of hydrogen-bond acceptors (Lipinski definition) is 5. The Hall–Kier alpha value is -4.17. The van der Waals surface area contributed by atoms with E-state index in [9.17, 15) is 14.4 Å². The summed E-state index contributed by atoms with van der Waals surface area (Å²) in [7, 11) is 0. The van der Waals surface area contributed by atoms with Gasteiger partial charge in [0.15, 0.2) is 5.54 Å². The first-order valence-corrected chi connectivity index (χ1v) is 12.0. The molecular weight excluding hydrogens is 456 g/mol. The Bertz CT molecular complexity index is 1200. The topological polar surface area (TPSA) is 91.0 Å². The van der Waals surface area contributed by atoms with Crippen LogP contribution in [0.3, 0.4) is 0 Å². The lowest BCUT2D eigenvalue weighted by atomic mass is 9.82. The average Bonchev–Trinajstić information content (AvgIpc) is 3.20. The van der Waals surface area contributed by atoms with E-state index in [2.05, 4.69) is 15.5 Å². The molecule has 8 heteroatoms. The quantitative estimate of drug-likeness (QED) is 0.524. The Morgan fingerprint density at radius 1 is 0.889 bits per heavy atom. The number of urea groups is 1. The van der Waals surface area contributed by atoms with Crippen LogP contribution in [0.25, 0.3) is 0 Å². The smallest absolute Gasteiger partial charge is 0.326 e. The monoisotopic (exact) mass is 484 g/mol. The van der Waals surface area contributed by atoms with Gasteiger partial charge >= 0.3 is 6.03 Å². The first kappa shape index (κ1) is 23.6. The number of rotatable bonds is 6. The molecule has 184 valence electrons. The molecule has 4 amide bonds. The van der Waals surface area contributed by atoms with Crippen molar-refractivity contribution in [3.8, 4) is 0 Å². The van der Waals surface area contributed by atoms with Crippen molar-refractivity contribution in [2.75, 3.05) is 36.5 Å². The van der Waals surface area contributed by atoms with Gasteiger partial charge in [0.1, 0.15) is 6.04 Å². The molecule has 0 aromatic heterocycles. The molecule has 0 bridgehead atoms. The molecule has 2 heterocycles. The molecule has 0 saturated carbocycles. The van der Waals surface area contributed by atoms with Gasteiger partial charge in [-0.1, -0.05) is 60.7 Å². The van der Waals surface area contributed by atoms with E-state index in [4.69, 9.17) is 4.74 Å². The van der Waals surface area contributed by atoms with Crippen molar-refractivity contribution >= 4 is 29.2 Å². The maximum atomic E-state index is 13.9. The van der Waals surface area contributed by atoms with Gasteiger partial charge in [0, 0.05) is 24.5 Å². The lowest BCUT2D eigenvalue weighted by molar-refractivity contribution is -0.135. The number of ether oxygens (including phenoxy) is 1. The van der Waals surface area contributed by atoms with Crippen LogP contribution in [0.5, 0.6) is 0 Å². The summed E-state index contributed by atoms with van der Waals surface area (Å²) in [4.78, 5) is 43.4. The number of amides is 4. The fourth-order valence-corrected chi connectivity index (χ4v) is 4.77. The highest BCUT2D eigenvalue weighted by molar-refractivity contribution is 6.13. The predicted molar refractivity (Wildman–Crippen MR) is 137 cm³/mol. The molecule has 0 aliphatic carbocycles. The van der Waals surface area contributed by atoms with Gasteiger partial charge in [-0.25, -0.2) is 9.69 Å². The number of nitrogens with one attached hydrogen (secondary N) is 2. The molecule has 3 aromatic rings. The summed E-state index contributed by atoms with van der Waals surface area (Å²) in [5.41, 5.74) is 1.49. The van der Waals surface area contributed by atoms with Crippen LogP contribution in [0.2, 0.25) is 0 Å². The summed E-state index contributed by atoms with van der Waals surface area (Å²) >= 11 is 0. The summed E-state index contributed by atoms with van der Waals surface area (Å²) in [5.74, 6) is -0.940. The van der Waals surface area contributed by atoms with E-state index in [0.717, 1.165) is 23.7 Å². The third-order valence-electron chi connectivity index (χ3n) is 6.74. The number of carbonyl (C=O) groups excluding carboxylic acids is 3. The average molecular weight is 485 g/mol. The standard InChI is InChI=1S/C28H28N4O4/c1-20(25(33)29-23-12-14-24(15-13-23)31-16-18-36-19-17-31)32-26(34)28(30-27(32)35,21-8-4-2-5-9-21)22-10-6-3-7-11-22/h2-15,20H,16-19H2,1H3,(H,29,33)(H,30,35). The van der Waals surface area contributed by atoms with Crippen molar-refractivity contribution in [1.29, 1.82) is 0 Å². The molecule has 36 heavy (non-hydrogen) atoms. The zero-order valence-corrected chi connectivity index (χ0v) is 20.0. The van der Waals surface area contributed by atoms with Crippen LogP contribution in [-0.4, -0.2) is 55.1 Å². The number of carbonyl (C=O) groups is 3. The Morgan fingerprint density at radius 3 is 2.00 bits per heavy atom. The molecule has 1 unspecified atom stereocenters. The SMILES string of the molecule is CC(C(=O)Nc1ccc(N2CCOCC2)cc1)N1C(=O)NC(c2ccccc2)(c2ccccc2)C1=O. The van der Waals surface area contributed by atoms with Gasteiger partial charge in [0.2, 0.25) is 5.91 Å². The molecule has 2 aliphatic heterocycles. The van der Waals surface area contributed by atoms with Crippen LogP contribution in [0, 0.1) is 0 Å². The Kier molecular flexibility index (Phi) is 6.43. The molecule has 0 radical (unpaired) electrons. The molecule has 0 spiro atoms. The fraction of sp³-hybridized carbons (Fsp3) is 0.250. The minimum absolute atomic E-state index is 0.449. The van der Waals surface area contributed by atoms with E-state index >= 15 is 0 Å². The van der Waals surface area contributed by atoms with Gasteiger partial charge in [0.25, 0.3) is 5.91 Å². The van der Waals surface area contributed by atoms with Gasteiger partial charge in [-0.15, -0.1) is 0 Å². The van der Waals surface area contributed by atoms with Gasteiger partial charge in [-0.3, -0.25) is 9.59 Å². The van der Waals surface area contributed by atoms with E-state index in [1.165, 1.54) is 0 Å². The predicted octanol–water partition coefficient (Wildman–Crippen LogP) is 3.35. The van der Waals surface area contributed by atoms with Crippen molar-refractivity contribution in [2.24, 2.45) is 0 Å². The summed E-state index contributed by atoms with van der Waals surface area (Å²) in [6.45, 7) is 4.57. The van der Waals surface area contributed by atoms with Gasteiger partial charge in [-0.05, 0) is 42.3 Å². The summed E-state index contributed by atoms with van der Waals surface area (Å²) in [6.07, 6.45) is 0. The van der Waals surface area contributed by atoms with Crippen LogP contribution in [0.15, 0.2) is 84.9 Å². The van der Waals surface area contributed by atoms with Gasteiger partial charge < -0.3 is 20.3 Å². The molecule has 2 fully saturated rings. The van der Waals surface area contributed by atoms with Gasteiger partial charge in [-0.2, -0.15) is 0 Å². The molecule has 3 aromatic carbocycles. The molecule has 1 atom stereocenters. The number of morpholine rings is 1. The molecule has 5 rings (SSSR count). The number of benzene rings is 3. The van der Waals surface area contributed by atoms with Crippen LogP contribution in [0.4, 0.5) is 16.2 Å². The zero-order valence-electron chi connectivity index (χ0n) is 20.0.